The molecule has 4 nitrogen and oxygen atoms in total. The van der Waals surface area contributed by atoms with Gasteiger partial charge >= 0.3 is 0 Å². The van der Waals surface area contributed by atoms with Gasteiger partial charge in [-0.3, -0.25) is 4.79 Å². The molecule has 5 heteroatoms. The maximum absolute atomic E-state index is 12.2. The Morgan fingerprint density at radius 3 is 2.48 bits per heavy atom. The highest BCUT2D eigenvalue weighted by atomic mass is 32.2. The maximum atomic E-state index is 12.2. The third kappa shape index (κ3) is 4.29. The van der Waals surface area contributed by atoms with Crippen LogP contribution in [-0.2, 0) is 0 Å². The fraction of sp³-hybridized carbons (Fsp3) is 0.312. The van der Waals surface area contributed by atoms with Crippen molar-refractivity contribution in [2.75, 3.05) is 11.5 Å². The van der Waals surface area contributed by atoms with Crippen molar-refractivity contribution in [1.29, 1.82) is 0 Å². The van der Waals surface area contributed by atoms with Gasteiger partial charge in [-0.05, 0) is 18.4 Å². The average Bonchev–Trinajstić information content (AvgIpc) is 2.44. The molecule has 0 unspecified atom stereocenters. The Labute approximate surface area is 129 Å². The lowest BCUT2D eigenvalue weighted by molar-refractivity contribution is 0.102. The summed E-state index contributed by atoms with van der Waals surface area (Å²) in [5.41, 5.74) is 8.42. The quantitative estimate of drug-likeness (QED) is 0.520. The van der Waals surface area contributed by atoms with Gasteiger partial charge < -0.3 is 5.73 Å². The molecular formula is C16H19N3OS. The number of aromatic nitrogens is 2. The molecule has 0 aliphatic rings. The highest BCUT2D eigenvalue weighted by Gasteiger charge is 2.09. The van der Waals surface area contributed by atoms with Crippen molar-refractivity contribution in [3.05, 3.63) is 47.2 Å². The Bertz CT molecular complexity index is 618. The van der Waals surface area contributed by atoms with E-state index in [-0.39, 0.29) is 5.78 Å². The van der Waals surface area contributed by atoms with Gasteiger partial charge in [0.15, 0.2) is 10.9 Å². The molecule has 0 aliphatic carbocycles. The number of nitrogen functional groups attached to an aromatic ring is 1. The van der Waals surface area contributed by atoms with Crippen LogP contribution in [0.4, 0.5) is 5.82 Å². The first-order valence-corrected chi connectivity index (χ1v) is 7.81. The van der Waals surface area contributed by atoms with Crippen LogP contribution in [0.2, 0.25) is 0 Å². The zero-order valence-corrected chi connectivity index (χ0v) is 13.3. The van der Waals surface area contributed by atoms with Crippen molar-refractivity contribution in [3.8, 4) is 0 Å². The first-order valence-electron chi connectivity index (χ1n) is 6.83. The van der Waals surface area contributed by atoms with Gasteiger partial charge in [0, 0.05) is 17.3 Å². The number of carbonyl (C=O) groups is 1. The van der Waals surface area contributed by atoms with Crippen LogP contribution in [0.1, 0.15) is 41.4 Å². The zero-order chi connectivity index (χ0) is 15.4. The molecule has 0 saturated heterocycles. The van der Waals surface area contributed by atoms with Crippen LogP contribution in [0.3, 0.4) is 0 Å². The van der Waals surface area contributed by atoms with Gasteiger partial charge in [-0.15, -0.1) is 0 Å². The molecule has 21 heavy (non-hydrogen) atoms. The molecule has 1 aromatic carbocycles. The van der Waals surface area contributed by atoms with Gasteiger partial charge in [0.25, 0.3) is 0 Å². The molecular weight excluding hydrogens is 282 g/mol. The van der Waals surface area contributed by atoms with Crippen molar-refractivity contribution in [2.45, 2.75) is 31.8 Å². The van der Waals surface area contributed by atoms with E-state index >= 15 is 0 Å². The second-order valence-corrected chi connectivity index (χ2v) is 6.15. The van der Waals surface area contributed by atoms with Gasteiger partial charge in [-0.1, -0.05) is 49.9 Å². The van der Waals surface area contributed by atoms with Gasteiger partial charge in [0.2, 0.25) is 0 Å². The van der Waals surface area contributed by atoms with Crippen LogP contribution in [0.5, 0.6) is 0 Å². The fourth-order valence-electron chi connectivity index (χ4n) is 1.90. The molecule has 0 aliphatic heterocycles. The molecule has 0 saturated carbocycles. The molecule has 2 rings (SSSR count). The first kappa shape index (κ1) is 15.5. The van der Waals surface area contributed by atoms with Crippen LogP contribution < -0.4 is 5.73 Å². The Kier molecular flexibility index (Phi) is 4.96. The minimum Gasteiger partial charge on any atom is -0.384 e. The lowest BCUT2D eigenvalue weighted by Crippen LogP contribution is -2.04. The molecule has 2 aromatic rings. The number of hydrogen-bond acceptors (Lipinski definition) is 5. The Morgan fingerprint density at radius 2 is 1.90 bits per heavy atom. The molecule has 0 spiro atoms. The molecule has 0 fully saturated rings. The molecule has 0 bridgehead atoms. The summed E-state index contributed by atoms with van der Waals surface area (Å²) in [5.74, 6) is 1.27. The summed E-state index contributed by atoms with van der Waals surface area (Å²) in [6.07, 6.45) is 0. The minimum absolute atomic E-state index is 0.0685. The summed E-state index contributed by atoms with van der Waals surface area (Å²) in [7, 11) is 0. The van der Waals surface area contributed by atoms with Crippen LogP contribution in [0, 0.1) is 6.92 Å². The summed E-state index contributed by atoms with van der Waals surface area (Å²) >= 11 is 1.31. The van der Waals surface area contributed by atoms with E-state index in [0.29, 0.717) is 28.2 Å². The van der Waals surface area contributed by atoms with Crippen molar-refractivity contribution in [3.63, 3.8) is 0 Å². The minimum atomic E-state index is 0.0685. The number of hydrogen-bond donors (Lipinski definition) is 1. The van der Waals surface area contributed by atoms with E-state index in [4.69, 9.17) is 5.73 Å². The lowest BCUT2D eigenvalue weighted by Gasteiger charge is -2.06. The number of aryl methyl sites for hydroxylation is 1. The van der Waals surface area contributed by atoms with Gasteiger partial charge in [-0.25, -0.2) is 9.97 Å². The van der Waals surface area contributed by atoms with E-state index in [1.165, 1.54) is 17.3 Å². The molecule has 0 atom stereocenters. The Hall–Kier alpha value is -1.88. The summed E-state index contributed by atoms with van der Waals surface area (Å²) in [6, 6.07) is 9.47. The van der Waals surface area contributed by atoms with E-state index in [1.54, 1.807) is 6.07 Å². The standard InChI is InChI=1S/C16H19N3OS/c1-10(2)12-4-6-13(7-5-12)14(20)9-21-16-18-11(3)8-15(17)19-16/h4-8,10H,9H2,1-3H3,(H2,17,18,19). The number of benzene rings is 1. The van der Waals surface area contributed by atoms with E-state index in [1.807, 2.05) is 31.2 Å². The van der Waals surface area contributed by atoms with Crippen molar-refractivity contribution >= 4 is 23.4 Å². The van der Waals surface area contributed by atoms with Crippen molar-refractivity contribution in [1.82, 2.24) is 9.97 Å². The van der Waals surface area contributed by atoms with Crippen LogP contribution in [0.25, 0.3) is 0 Å². The highest BCUT2D eigenvalue weighted by Crippen LogP contribution is 2.19. The summed E-state index contributed by atoms with van der Waals surface area (Å²) in [4.78, 5) is 20.5. The number of nitrogens with two attached hydrogens (primary N) is 1. The van der Waals surface area contributed by atoms with E-state index in [2.05, 4.69) is 23.8 Å². The van der Waals surface area contributed by atoms with Gasteiger partial charge in [-0.2, -0.15) is 0 Å². The first-order chi connectivity index (χ1) is 9.95. The topological polar surface area (TPSA) is 68.9 Å². The molecule has 0 amide bonds. The number of anilines is 1. The number of thioether (sulfide) groups is 1. The normalized spacial score (nSPS) is 10.9. The Morgan fingerprint density at radius 1 is 1.24 bits per heavy atom. The average molecular weight is 301 g/mol. The number of Topliss-reactive ketones (excluding diaryl/α,β-unsaturated/α-hetero) is 1. The SMILES string of the molecule is Cc1cc(N)nc(SCC(=O)c2ccc(C(C)C)cc2)n1. The largest absolute Gasteiger partial charge is 0.384 e. The Balaban J connectivity index is 2.01. The predicted octanol–water partition coefficient (Wildman–Crippen LogP) is 3.47. The number of ketones is 1. The fourth-order valence-corrected chi connectivity index (χ4v) is 2.70. The predicted molar refractivity (Wildman–Crippen MR) is 86.8 cm³/mol. The molecule has 110 valence electrons. The molecule has 1 heterocycles. The summed E-state index contributed by atoms with van der Waals surface area (Å²) in [6.45, 7) is 6.12. The molecule has 0 radical (unpaired) electrons. The number of rotatable bonds is 5. The van der Waals surface area contributed by atoms with Crippen molar-refractivity contribution in [2.24, 2.45) is 0 Å². The molecule has 1 aromatic heterocycles. The third-order valence-electron chi connectivity index (χ3n) is 3.09. The monoisotopic (exact) mass is 301 g/mol. The lowest BCUT2D eigenvalue weighted by atomic mass is 10.0. The van der Waals surface area contributed by atoms with E-state index < -0.39 is 0 Å². The molecule has 2 N–H and O–H groups in total. The summed E-state index contributed by atoms with van der Waals surface area (Å²) < 4.78 is 0. The van der Waals surface area contributed by atoms with E-state index in [0.717, 1.165) is 5.69 Å². The third-order valence-corrected chi connectivity index (χ3v) is 3.93. The second-order valence-electron chi connectivity index (χ2n) is 5.21. The summed E-state index contributed by atoms with van der Waals surface area (Å²) in [5, 5.41) is 0.541. The van der Waals surface area contributed by atoms with Crippen LogP contribution in [0.15, 0.2) is 35.5 Å². The smallest absolute Gasteiger partial charge is 0.190 e. The van der Waals surface area contributed by atoms with Crippen molar-refractivity contribution < 1.29 is 4.79 Å². The number of nitrogens with zero attached hydrogens (tertiary/aromatic N) is 2. The van der Waals surface area contributed by atoms with Crippen LogP contribution >= 0.6 is 11.8 Å². The maximum Gasteiger partial charge on any atom is 0.190 e. The highest BCUT2D eigenvalue weighted by molar-refractivity contribution is 7.99. The number of carbonyl (C=O) groups excluding carboxylic acids is 1. The van der Waals surface area contributed by atoms with Crippen LogP contribution in [-0.4, -0.2) is 21.5 Å². The van der Waals surface area contributed by atoms with E-state index in [9.17, 15) is 4.79 Å². The van der Waals surface area contributed by atoms with Gasteiger partial charge in [0.05, 0.1) is 5.75 Å². The second kappa shape index (κ2) is 6.72. The zero-order valence-electron chi connectivity index (χ0n) is 12.5. The van der Waals surface area contributed by atoms with Gasteiger partial charge in [0.1, 0.15) is 5.82 Å².